The molecule has 0 unspecified atom stereocenters. The van der Waals surface area contributed by atoms with E-state index in [-0.39, 0.29) is 35.6 Å². The van der Waals surface area contributed by atoms with Crippen molar-refractivity contribution in [2.75, 3.05) is 13.7 Å². The molecule has 2 aliphatic rings. The molecule has 2 aromatic rings. The fourth-order valence-corrected chi connectivity index (χ4v) is 4.68. The Balaban J connectivity index is 1.45. The molecule has 2 amide bonds. The van der Waals surface area contributed by atoms with Crippen LogP contribution in [0.15, 0.2) is 71.4 Å². The van der Waals surface area contributed by atoms with Gasteiger partial charge in [-0.1, -0.05) is 61.7 Å². The molecule has 0 bridgehead atoms. The summed E-state index contributed by atoms with van der Waals surface area (Å²) in [4.78, 5) is 39.7. The summed E-state index contributed by atoms with van der Waals surface area (Å²) in [5, 5.41) is 3.04. The summed E-state index contributed by atoms with van der Waals surface area (Å²) < 4.78 is 10.6. The summed E-state index contributed by atoms with van der Waals surface area (Å²) in [6.45, 7) is 2.07. The molecule has 0 saturated heterocycles. The SMILES string of the molecule is COC(=O)C1=C(C)N(Cc2ccccc2)C(=O)/C1=C\c1ccc(OCC(=O)NC2CCCCC2)cc1. The van der Waals surface area contributed by atoms with Crippen LogP contribution in [0.25, 0.3) is 6.08 Å². The Bertz CT molecular complexity index is 1160. The van der Waals surface area contributed by atoms with Gasteiger partial charge in [-0.25, -0.2) is 4.79 Å². The highest BCUT2D eigenvalue weighted by molar-refractivity contribution is 6.16. The number of allylic oxidation sites excluding steroid dienone is 1. The van der Waals surface area contributed by atoms with E-state index in [1.54, 1.807) is 42.2 Å². The minimum atomic E-state index is -0.549. The van der Waals surface area contributed by atoms with E-state index in [0.717, 1.165) is 36.8 Å². The fourth-order valence-electron chi connectivity index (χ4n) is 4.68. The molecule has 0 spiro atoms. The molecule has 1 fully saturated rings. The average Bonchev–Trinajstić information content (AvgIpc) is 3.13. The number of methoxy groups -OCH3 is 1. The minimum Gasteiger partial charge on any atom is -0.484 e. The van der Waals surface area contributed by atoms with E-state index in [9.17, 15) is 14.4 Å². The number of nitrogens with zero attached hydrogens (tertiary/aromatic N) is 1. The fraction of sp³-hybridized carbons (Fsp3) is 0.345. The van der Waals surface area contributed by atoms with Crippen LogP contribution in [-0.4, -0.2) is 42.4 Å². The lowest BCUT2D eigenvalue weighted by atomic mass is 9.95. The maximum Gasteiger partial charge on any atom is 0.340 e. The van der Waals surface area contributed by atoms with Gasteiger partial charge in [0, 0.05) is 11.7 Å². The molecule has 188 valence electrons. The molecule has 7 nitrogen and oxygen atoms in total. The average molecular weight is 489 g/mol. The monoisotopic (exact) mass is 488 g/mol. The second-order valence-corrected chi connectivity index (χ2v) is 9.15. The Morgan fingerprint density at radius 2 is 1.72 bits per heavy atom. The van der Waals surface area contributed by atoms with Crippen LogP contribution in [0.1, 0.15) is 50.2 Å². The summed E-state index contributed by atoms with van der Waals surface area (Å²) in [5.41, 5.74) is 2.80. The number of rotatable bonds is 8. The van der Waals surface area contributed by atoms with Crippen LogP contribution in [-0.2, 0) is 25.7 Å². The number of hydrogen-bond acceptors (Lipinski definition) is 5. The zero-order chi connectivity index (χ0) is 25.5. The van der Waals surface area contributed by atoms with Gasteiger partial charge < -0.3 is 19.7 Å². The standard InChI is InChI=1S/C29H32N2O5/c1-20-27(29(34)35-2)25(28(33)31(20)18-22-9-5-3-6-10-22)17-21-13-15-24(16-14-21)36-19-26(32)30-23-11-7-4-8-12-23/h3,5-6,9-10,13-17,23H,4,7-8,11-12,18-19H2,1-2H3,(H,30,32)/b25-17-. The first-order chi connectivity index (χ1) is 17.5. The third-order valence-corrected chi connectivity index (χ3v) is 6.62. The van der Waals surface area contributed by atoms with Gasteiger partial charge in [0.2, 0.25) is 0 Å². The number of esters is 1. The Morgan fingerprint density at radius 1 is 1.03 bits per heavy atom. The molecule has 2 aromatic carbocycles. The summed E-state index contributed by atoms with van der Waals surface area (Å²) >= 11 is 0. The number of ether oxygens (including phenoxy) is 2. The lowest BCUT2D eigenvalue weighted by Gasteiger charge is -2.22. The van der Waals surface area contributed by atoms with E-state index >= 15 is 0 Å². The number of amides is 2. The molecule has 1 N–H and O–H groups in total. The molecule has 7 heteroatoms. The van der Waals surface area contributed by atoms with Gasteiger partial charge in [0.15, 0.2) is 6.61 Å². The van der Waals surface area contributed by atoms with Gasteiger partial charge in [-0.15, -0.1) is 0 Å². The van der Waals surface area contributed by atoms with Crippen molar-refractivity contribution in [2.24, 2.45) is 0 Å². The lowest BCUT2D eigenvalue weighted by molar-refractivity contribution is -0.136. The Kier molecular flexibility index (Phi) is 8.21. The number of nitrogens with one attached hydrogen (secondary N) is 1. The van der Waals surface area contributed by atoms with Crippen LogP contribution < -0.4 is 10.1 Å². The van der Waals surface area contributed by atoms with Crippen molar-refractivity contribution in [3.8, 4) is 5.75 Å². The molecule has 0 radical (unpaired) electrons. The van der Waals surface area contributed by atoms with Crippen molar-refractivity contribution in [1.29, 1.82) is 0 Å². The highest BCUT2D eigenvalue weighted by Gasteiger charge is 2.36. The van der Waals surface area contributed by atoms with Crippen LogP contribution in [0.4, 0.5) is 0 Å². The zero-order valence-corrected chi connectivity index (χ0v) is 20.8. The van der Waals surface area contributed by atoms with E-state index in [2.05, 4.69) is 5.32 Å². The maximum absolute atomic E-state index is 13.3. The van der Waals surface area contributed by atoms with Gasteiger partial charge in [0.1, 0.15) is 5.75 Å². The predicted octanol–water partition coefficient (Wildman–Crippen LogP) is 4.39. The summed E-state index contributed by atoms with van der Waals surface area (Å²) in [5.74, 6) is -0.367. The third-order valence-electron chi connectivity index (χ3n) is 6.62. The van der Waals surface area contributed by atoms with E-state index in [0.29, 0.717) is 18.0 Å². The van der Waals surface area contributed by atoms with Gasteiger partial charge in [0.25, 0.3) is 11.8 Å². The second kappa shape index (κ2) is 11.7. The lowest BCUT2D eigenvalue weighted by Crippen LogP contribution is -2.38. The normalized spacial score (nSPS) is 17.4. The highest BCUT2D eigenvalue weighted by atomic mass is 16.5. The molecular formula is C29H32N2O5. The first kappa shape index (κ1) is 25.2. The van der Waals surface area contributed by atoms with Gasteiger partial charge >= 0.3 is 5.97 Å². The smallest absolute Gasteiger partial charge is 0.340 e. The Morgan fingerprint density at radius 3 is 2.39 bits per heavy atom. The van der Waals surface area contributed by atoms with Crippen molar-refractivity contribution in [3.05, 3.63) is 82.6 Å². The van der Waals surface area contributed by atoms with Crippen molar-refractivity contribution in [3.63, 3.8) is 0 Å². The third kappa shape index (κ3) is 6.03. The van der Waals surface area contributed by atoms with Gasteiger partial charge in [-0.05, 0) is 49.1 Å². The molecule has 4 rings (SSSR count). The molecule has 1 aliphatic carbocycles. The first-order valence-corrected chi connectivity index (χ1v) is 12.4. The van der Waals surface area contributed by atoms with Crippen molar-refractivity contribution < 1.29 is 23.9 Å². The number of hydrogen-bond donors (Lipinski definition) is 1. The summed E-state index contributed by atoms with van der Waals surface area (Å²) in [6.07, 6.45) is 7.28. The largest absolute Gasteiger partial charge is 0.484 e. The molecule has 0 aromatic heterocycles. The van der Waals surface area contributed by atoms with Crippen molar-refractivity contribution >= 4 is 23.9 Å². The quantitative estimate of drug-likeness (QED) is 0.440. The topological polar surface area (TPSA) is 84.9 Å². The predicted molar refractivity (Wildman–Crippen MR) is 137 cm³/mol. The number of benzene rings is 2. The second-order valence-electron chi connectivity index (χ2n) is 9.15. The molecular weight excluding hydrogens is 456 g/mol. The van der Waals surface area contributed by atoms with Crippen molar-refractivity contribution in [1.82, 2.24) is 10.2 Å². The summed E-state index contributed by atoms with van der Waals surface area (Å²) in [6, 6.07) is 16.9. The van der Waals surface area contributed by atoms with Gasteiger partial charge in [-0.2, -0.15) is 0 Å². The Hall–Kier alpha value is -3.87. The Labute approximate surface area is 211 Å². The molecule has 1 heterocycles. The van der Waals surface area contributed by atoms with Crippen LogP contribution in [0, 0.1) is 0 Å². The van der Waals surface area contributed by atoms with Crippen molar-refractivity contribution in [2.45, 2.75) is 51.6 Å². The molecule has 36 heavy (non-hydrogen) atoms. The van der Waals surface area contributed by atoms with E-state index in [4.69, 9.17) is 9.47 Å². The summed E-state index contributed by atoms with van der Waals surface area (Å²) in [7, 11) is 1.31. The van der Waals surface area contributed by atoms with E-state index in [1.807, 2.05) is 30.3 Å². The molecule has 0 atom stereocenters. The van der Waals surface area contributed by atoms with Crippen LogP contribution in [0.5, 0.6) is 5.75 Å². The molecule has 1 saturated carbocycles. The van der Waals surface area contributed by atoms with E-state index in [1.165, 1.54) is 13.5 Å². The number of carbonyl (C=O) groups excluding carboxylic acids is 3. The zero-order valence-electron chi connectivity index (χ0n) is 20.8. The maximum atomic E-state index is 13.3. The molecule has 1 aliphatic heterocycles. The first-order valence-electron chi connectivity index (χ1n) is 12.4. The van der Waals surface area contributed by atoms with Gasteiger partial charge in [0.05, 0.1) is 24.8 Å². The minimum absolute atomic E-state index is 0.0434. The van der Waals surface area contributed by atoms with Gasteiger partial charge in [-0.3, -0.25) is 9.59 Å². The van der Waals surface area contributed by atoms with Crippen LogP contribution >= 0.6 is 0 Å². The van der Waals surface area contributed by atoms with E-state index < -0.39 is 5.97 Å². The van der Waals surface area contributed by atoms with Crippen LogP contribution in [0.2, 0.25) is 0 Å². The van der Waals surface area contributed by atoms with Crippen LogP contribution in [0.3, 0.4) is 0 Å². The number of carbonyl (C=O) groups is 3. The highest BCUT2D eigenvalue weighted by Crippen LogP contribution is 2.33.